The van der Waals surface area contributed by atoms with Crippen LogP contribution in [0.25, 0.3) is 0 Å². The van der Waals surface area contributed by atoms with Crippen molar-refractivity contribution >= 4 is 58.7 Å². The maximum atomic E-state index is 12.4. The van der Waals surface area contributed by atoms with Gasteiger partial charge in [-0.05, 0) is 107 Å². The summed E-state index contributed by atoms with van der Waals surface area (Å²) in [5.74, 6) is -2.01. The quantitative estimate of drug-likeness (QED) is 0.0891. The Morgan fingerprint density at radius 1 is 0.741 bits per heavy atom. The fourth-order valence-corrected chi connectivity index (χ4v) is 5.57. The molecule has 0 saturated carbocycles. The van der Waals surface area contributed by atoms with E-state index in [1.54, 1.807) is 94.4 Å². The van der Waals surface area contributed by atoms with E-state index < -0.39 is 76.7 Å². The van der Waals surface area contributed by atoms with Gasteiger partial charge in [0.25, 0.3) is 0 Å². The summed E-state index contributed by atoms with van der Waals surface area (Å²) < 4.78 is 57.8. The summed E-state index contributed by atoms with van der Waals surface area (Å²) in [6.45, 7) is 24.4. The summed E-state index contributed by atoms with van der Waals surface area (Å²) in [6, 6.07) is -2.75. The first kappa shape index (κ1) is 79.5. The average molecular weight is 1290 g/mol. The van der Waals surface area contributed by atoms with Crippen molar-refractivity contribution < 1.29 is 107 Å². The van der Waals surface area contributed by atoms with Crippen molar-refractivity contribution in [3.63, 3.8) is 0 Å². The van der Waals surface area contributed by atoms with Gasteiger partial charge in [0, 0.05) is 24.1 Å². The van der Waals surface area contributed by atoms with E-state index in [0.717, 1.165) is 24.7 Å². The largest absolute Gasteiger partial charge is 1.00 e. The van der Waals surface area contributed by atoms with Crippen molar-refractivity contribution in [2.24, 2.45) is 5.73 Å². The topological polar surface area (TPSA) is 371 Å². The predicted octanol–water partition coefficient (Wildman–Crippen LogP) is 3.56. The van der Waals surface area contributed by atoms with Gasteiger partial charge in [-0.2, -0.15) is 4.98 Å². The minimum atomic E-state index is -1.27. The number of primary amides is 1. The van der Waals surface area contributed by atoms with E-state index in [1.807, 2.05) is 11.5 Å². The molecular weight excluding hydrogens is 1190 g/mol. The molecule has 2 aromatic heterocycles. The Balaban J connectivity index is -0.000000179. The van der Waals surface area contributed by atoms with Gasteiger partial charge in [-0.25, -0.2) is 30.5 Å². The Morgan fingerprint density at radius 2 is 1.10 bits per heavy atom. The van der Waals surface area contributed by atoms with E-state index in [-0.39, 0.29) is 81.4 Å². The summed E-state index contributed by atoms with van der Waals surface area (Å²) >= 11 is 2.15. The Bertz CT molecular complexity index is 2280. The number of alkyl halides is 1. The summed E-state index contributed by atoms with van der Waals surface area (Å²) in [6.07, 6.45) is 8.58. The van der Waals surface area contributed by atoms with Gasteiger partial charge < -0.3 is 64.6 Å². The molecule has 30 heteroatoms. The molecule has 4 aliphatic rings. The number of aliphatic carboxylic acids is 1. The first-order valence-electron chi connectivity index (χ1n) is 26.0. The van der Waals surface area contributed by atoms with Crippen molar-refractivity contribution in [2.45, 2.75) is 159 Å². The first-order valence-corrected chi connectivity index (χ1v) is 25.4. The molecule has 4 aliphatic heterocycles. The third-order valence-corrected chi connectivity index (χ3v) is 8.72. The number of carboxylic acids is 1. The number of hydrogen-bond acceptors (Lipinski definition) is 23. The molecule has 1 fully saturated rings. The zero-order valence-corrected chi connectivity index (χ0v) is 54.1. The molecule has 2 aromatic rings. The first-order chi connectivity index (χ1) is 37.9. The summed E-state index contributed by atoms with van der Waals surface area (Å²) in [4.78, 5) is 109. The van der Waals surface area contributed by atoms with E-state index in [2.05, 4.69) is 69.2 Å². The van der Waals surface area contributed by atoms with Crippen LogP contribution >= 0.6 is 22.6 Å². The van der Waals surface area contributed by atoms with Crippen molar-refractivity contribution in [2.75, 3.05) is 53.1 Å². The number of nitrogens with one attached hydrogen (secondary N) is 1. The number of aromatic nitrogens is 6. The fourth-order valence-electron chi connectivity index (χ4n) is 5.57. The molecule has 0 unspecified atom stereocenters. The molecule has 0 radical (unpaired) electrons. The number of likely N-dealkylation sites (N-methyl/N-ethyl adjacent to an activating group) is 1. The summed E-state index contributed by atoms with van der Waals surface area (Å²) in [7, 11) is 8.67. The molecule has 6 rings (SSSR count). The number of rotatable bonds is 7. The van der Waals surface area contributed by atoms with Crippen molar-refractivity contribution in [3.8, 4) is 24.0 Å². The maximum absolute atomic E-state index is 12.4. The molecule has 6 N–H and O–H groups in total. The fraction of sp³-hybridized carbons (Fsp3) is 0.627. The van der Waals surface area contributed by atoms with Gasteiger partial charge in [-0.15, -0.1) is 19.9 Å². The molecule has 3 atom stereocenters. The predicted molar refractivity (Wildman–Crippen MR) is 310 cm³/mol. The summed E-state index contributed by atoms with van der Waals surface area (Å²) in [5.41, 5.74) is 2.83. The van der Waals surface area contributed by atoms with E-state index in [4.69, 9.17) is 43.0 Å². The molecule has 0 bridgehead atoms. The molecule has 28 nitrogen and oxygen atoms in total. The van der Waals surface area contributed by atoms with Crippen LogP contribution in [0.2, 0.25) is 0 Å². The third-order valence-electron chi connectivity index (χ3n) is 8.72. The molecule has 0 spiro atoms. The van der Waals surface area contributed by atoms with Crippen molar-refractivity contribution in [1.82, 2.24) is 55.7 Å². The van der Waals surface area contributed by atoms with Gasteiger partial charge in [0.15, 0.2) is 0 Å². The Labute approximate surface area is 520 Å². The number of H-pyrrole nitrogens is 1. The number of amides is 4. The van der Waals surface area contributed by atoms with Crippen molar-refractivity contribution in [1.29, 1.82) is 0 Å². The third kappa shape index (κ3) is 35.0. The zero-order valence-electron chi connectivity index (χ0n) is 52.9. The van der Waals surface area contributed by atoms with Gasteiger partial charge in [0.1, 0.15) is 34.7 Å². The Hall–Kier alpha value is -5.73. The number of carbonyl (C=O) groups excluding carboxylic acids is 6. The molecule has 1 saturated heterocycles. The van der Waals surface area contributed by atoms with Gasteiger partial charge >= 0.3 is 83.5 Å². The number of hydrogen-bond donors (Lipinski definition) is 3. The van der Waals surface area contributed by atoms with Crippen LogP contribution in [0.15, 0.2) is 41.6 Å². The zero-order chi connectivity index (χ0) is 63.3. The smallest absolute Gasteiger partial charge is 0.548 e. The van der Waals surface area contributed by atoms with Crippen LogP contribution in [0.1, 0.15) is 129 Å². The van der Waals surface area contributed by atoms with Crippen molar-refractivity contribution in [3.05, 3.63) is 59.7 Å². The SMILES string of the molecule is C.CC(C)(C)OC(=O)N1C=CC[C@H]1C(=O)[O-].CC(C)(C)OC(=O)N1C=CC[C@H]1C(N)=O.CI.CN1[CH-]COCC1.COc1nc(C)[nH]c(=O)n1.COc1nc(OC)nc(OC(=O)[C@@H]2CC=CN2C(=O)OC(C)(C)C)n1.N.[2HH].[2H]CC.[3H]C.[3H]C.[Na+]. The van der Waals surface area contributed by atoms with E-state index >= 15 is 0 Å². The molecule has 0 aromatic carbocycles. The van der Waals surface area contributed by atoms with Gasteiger partial charge in [-0.1, -0.05) is 83.5 Å². The average Bonchev–Trinajstić information content (AvgIpc) is 4.24. The number of carboxylic acid groups (broad SMARTS) is 1. The number of morpholine rings is 1. The molecule has 0 aliphatic carbocycles. The van der Waals surface area contributed by atoms with Gasteiger partial charge in [0.05, 0.1) is 39.9 Å². The molecule has 81 heavy (non-hydrogen) atoms. The van der Waals surface area contributed by atoms with Gasteiger partial charge in [-0.3, -0.25) is 24.5 Å². The number of nitrogens with two attached hydrogens (primary N) is 1. The molecule has 6 heterocycles. The molecule has 462 valence electrons. The second-order valence-corrected chi connectivity index (χ2v) is 18.3. The van der Waals surface area contributed by atoms with Crippen LogP contribution in [-0.4, -0.2) is 174 Å². The normalized spacial score (nSPS) is 16.5. The van der Waals surface area contributed by atoms with E-state index in [9.17, 15) is 38.7 Å². The number of aryl methyl sites for hydroxylation is 1. The van der Waals surface area contributed by atoms with Crippen LogP contribution in [0.3, 0.4) is 0 Å². The second-order valence-electron chi connectivity index (χ2n) is 18.3. The second kappa shape index (κ2) is 43.0. The molecule has 4 amide bonds. The number of esters is 1. The Morgan fingerprint density at radius 3 is 1.42 bits per heavy atom. The number of nitrogens with zero attached hydrogens (tertiary/aromatic N) is 9. The number of aromatic amines is 1. The maximum Gasteiger partial charge on any atom is 1.00 e. The monoisotopic (exact) mass is 1290 g/mol. The van der Waals surface area contributed by atoms with Gasteiger partial charge in [0.2, 0.25) is 5.91 Å². The number of carbonyl (C=O) groups is 6. The van der Waals surface area contributed by atoms with Crippen LogP contribution in [0.4, 0.5) is 14.4 Å². The van der Waals surface area contributed by atoms with Crippen LogP contribution in [0, 0.1) is 13.5 Å². The van der Waals surface area contributed by atoms with Crippen LogP contribution in [0.5, 0.6) is 24.0 Å². The number of methoxy groups -OCH3 is 3. The van der Waals surface area contributed by atoms with Crippen LogP contribution < -0.4 is 71.2 Å². The summed E-state index contributed by atoms with van der Waals surface area (Å²) in [5, 5.41) is 10.7. The number of ether oxygens (including phenoxy) is 8. The minimum Gasteiger partial charge on any atom is -0.548 e. The Kier molecular flexibility index (Phi) is 42.2. The number of halogens is 1. The van der Waals surface area contributed by atoms with Crippen LogP contribution in [-0.2, 0) is 33.3 Å². The molecular formula is C51H93IN12NaO16-. The standard InChI is InChI=1S/C15H20N4O6.C10H16N2O3.C10H15NO4.C5H7N3O2.C5H10NO.C2H6.CH3I.3CH4.H3N.Na.H2/c1-15(2,3)25-14(21)19-8-6-7-9(19)10(20)24-13-17-11(22-4)16-12(18-13)23-5;1-10(2,3)15-9(14)12-6-4-5-7(12)8(11)13;1-10(2,3)15-9(14)11-6-4-5-7(11)8(12)13;1-3-6-4(9)8-5(7-3)10-2;1-6-2-4-7-5-3-6;2*1-2;;;;;;/h6,8-9H,7H2,1-5H3;4,6-7H,5H2,1-3H3,(H2,11,13);4,6-7H,5H2,1-3H3,(H,12,13);1-2H3,(H,6,7,8,9);2H,3-5H2,1H3;1-2H3;1H3;3*1H4;1H3;;1H/q;;;;-1;;;;;;;+1;/p-1/t9-;2*7-;;;;;;;;;;/m000........../s1/i;;;;;1D;;2*1T;;;;1+1. The van der Waals surface area contributed by atoms with E-state index in [0.29, 0.717) is 19.1 Å². The van der Waals surface area contributed by atoms with E-state index in [1.165, 1.54) is 64.5 Å². The minimum absolute atomic E-state index is 0.